The van der Waals surface area contributed by atoms with Crippen LogP contribution in [0.3, 0.4) is 0 Å². The second-order valence-electron chi connectivity index (χ2n) is 15.9. The quantitative estimate of drug-likeness (QED) is 0.174. The molecule has 2 unspecified atom stereocenters. The molecule has 0 fully saturated rings. The zero-order valence-corrected chi connectivity index (χ0v) is 33.0. The number of benzene rings is 7. The molecule has 0 spiro atoms. The van der Waals surface area contributed by atoms with Crippen molar-refractivity contribution in [3.8, 4) is 56.4 Å². The number of furan rings is 1. The molecule has 0 radical (unpaired) electrons. The zero-order chi connectivity index (χ0) is 39.3. The van der Waals surface area contributed by atoms with Crippen LogP contribution in [-0.2, 0) is 0 Å². The normalized spacial score (nSPS) is 16.2. The second-order valence-corrected chi connectivity index (χ2v) is 16.9. The maximum atomic E-state index is 6.66. The molecule has 0 aliphatic heterocycles. The van der Waals surface area contributed by atoms with Gasteiger partial charge in [-0.15, -0.1) is 11.3 Å². The van der Waals surface area contributed by atoms with Gasteiger partial charge in [-0.25, -0.2) is 15.0 Å². The van der Waals surface area contributed by atoms with Gasteiger partial charge in [-0.1, -0.05) is 146 Å². The van der Waals surface area contributed by atoms with E-state index >= 15 is 0 Å². The van der Waals surface area contributed by atoms with E-state index in [9.17, 15) is 0 Å². The summed E-state index contributed by atoms with van der Waals surface area (Å²) in [6.45, 7) is 0. The molecule has 10 aromatic rings. The molecular weight excluding hydrogens is 751 g/mol. The fourth-order valence-corrected chi connectivity index (χ4v) is 10.9. The van der Waals surface area contributed by atoms with Gasteiger partial charge in [0.2, 0.25) is 0 Å². The van der Waals surface area contributed by atoms with Gasteiger partial charge < -0.3 is 4.42 Å². The minimum Gasteiger partial charge on any atom is -0.456 e. The topological polar surface area (TPSA) is 51.8 Å². The number of hydrogen-bond acceptors (Lipinski definition) is 5. The zero-order valence-electron chi connectivity index (χ0n) is 32.2. The number of allylic oxidation sites excluding steroid dienone is 6. The summed E-state index contributed by atoms with van der Waals surface area (Å²) < 4.78 is 9.23. The molecule has 0 amide bonds. The molecule has 7 aromatic carbocycles. The largest absolute Gasteiger partial charge is 0.456 e. The van der Waals surface area contributed by atoms with Crippen molar-refractivity contribution >= 4 is 65.6 Å². The van der Waals surface area contributed by atoms with Crippen LogP contribution in [0.1, 0.15) is 22.6 Å². The Morgan fingerprint density at radius 3 is 2.17 bits per heavy atom. The SMILES string of the molecule is C1=CC2C=Cc3cc(-c4ccc5c(c4)oc4cccc(-c6nc(-c7ccccc7)nc(-c7cccc(-c8cccc9c8sc8ccccc89)c7)n6)c45)cc4c3C2C(=C1)C=C4. The van der Waals surface area contributed by atoms with Crippen molar-refractivity contribution in [2.45, 2.75) is 5.92 Å². The summed E-state index contributed by atoms with van der Waals surface area (Å²) >= 11 is 1.84. The van der Waals surface area contributed by atoms with E-state index in [0.29, 0.717) is 29.3 Å². The smallest absolute Gasteiger partial charge is 0.164 e. The van der Waals surface area contributed by atoms with Crippen molar-refractivity contribution in [1.29, 1.82) is 0 Å². The van der Waals surface area contributed by atoms with E-state index in [0.717, 1.165) is 49.8 Å². The van der Waals surface area contributed by atoms with Crippen LogP contribution in [0, 0.1) is 5.92 Å². The summed E-state index contributed by atoms with van der Waals surface area (Å²) in [5.41, 5.74) is 14.4. The van der Waals surface area contributed by atoms with Crippen molar-refractivity contribution in [2.24, 2.45) is 5.92 Å². The van der Waals surface area contributed by atoms with E-state index in [-0.39, 0.29) is 0 Å². The van der Waals surface area contributed by atoms with E-state index < -0.39 is 0 Å². The predicted molar refractivity (Wildman–Crippen MR) is 249 cm³/mol. The van der Waals surface area contributed by atoms with Gasteiger partial charge in [-0.05, 0) is 87.0 Å². The number of nitrogens with zero attached hydrogens (tertiary/aromatic N) is 3. The summed E-state index contributed by atoms with van der Waals surface area (Å²) in [6.07, 6.45) is 16.0. The third kappa shape index (κ3) is 5.19. The maximum absolute atomic E-state index is 6.66. The van der Waals surface area contributed by atoms with Crippen LogP contribution in [0.5, 0.6) is 0 Å². The van der Waals surface area contributed by atoms with Crippen LogP contribution in [0.15, 0.2) is 186 Å². The number of aromatic nitrogens is 3. The molecular formula is C55H33N3OS. The molecule has 3 aliphatic carbocycles. The highest BCUT2D eigenvalue weighted by molar-refractivity contribution is 7.26. The van der Waals surface area contributed by atoms with Crippen molar-refractivity contribution < 1.29 is 4.42 Å². The van der Waals surface area contributed by atoms with Crippen LogP contribution in [0.25, 0.3) is 111 Å². The van der Waals surface area contributed by atoms with Gasteiger partial charge in [0.1, 0.15) is 11.2 Å². The Morgan fingerprint density at radius 2 is 1.23 bits per heavy atom. The molecule has 13 rings (SSSR count). The van der Waals surface area contributed by atoms with Crippen LogP contribution in [0.2, 0.25) is 0 Å². The molecule has 3 aromatic heterocycles. The molecule has 0 bridgehead atoms. The monoisotopic (exact) mass is 783 g/mol. The average molecular weight is 784 g/mol. The van der Waals surface area contributed by atoms with Gasteiger partial charge in [-0.3, -0.25) is 0 Å². The first-order chi connectivity index (χ1) is 29.7. The molecule has 4 nitrogen and oxygen atoms in total. The number of thiophene rings is 1. The van der Waals surface area contributed by atoms with Gasteiger partial charge in [-0.2, -0.15) is 0 Å². The lowest BCUT2D eigenvalue weighted by Gasteiger charge is -2.35. The van der Waals surface area contributed by atoms with Gasteiger partial charge in [0.15, 0.2) is 17.5 Å². The molecule has 0 N–H and O–H groups in total. The Bertz CT molecular complexity index is 3570. The van der Waals surface area contributed by atoms with Crippen molar-refractivity contribution in [2.75, 3.05) is 0 Å². The molecule has 0 saturated carbocycles. The third-order valence-electron chi connectivity index (χ3n) is 12.4. The lowest BCUT2D eigenvalue weighted by Crippen LogP contribution is -2.20. The Hall–Kier alpha value is -7.47. The van der Waals surface area contributed by atoms with E-state index in [2.05, 4.69) is 158 Å². The molecule has 60 heavy (non-hydrogen) atoms. The van der Waals surface area contributed by atoms with Crippen LogP contribution in [-0.4, -0.2) is 15.0 Å². The fraction of sp³-hybridized carbons (Fsp3) is 0.0364. The Morgan fingerprint density at radius 1 is 0.483 bits per heavy atom. The molecule has 3 aliphatic rings. The highest BCUT2D eigenvalue weighted by Crippen LogP contribution is 2.49. The van der Waals surface area contributed by atoms with E-state index in [4.69, 9.17) is 19.4 Å². The summed E-state index contributed by atoms with van der Waals surface area (Å²) in [5, 5.41) is 4.58. The summed E-state index contributed by atoms with van der Waals surface area (Å²) in [4.78, 5) is 15.5. The van der Waals surface area contributed by atoms with Gasteiger partial charge in [0.05, 0.1) is 0 Å². The Balaban J connectivity index is 0.938. The van der Waals surface area contributed by atoms with Crippen molar-refractivity contribution in [3.05, 3.63) is 198 Å². The van der Waals surface area contributed by atoms with E-state index in [1.807, 2.05) is 41.7 Å². The second kappa shape index (κ2) is 13.0. The molecule has 280 valence electrons. The van der Waals surface area contributed by atoms with E-state index in [1.165, 1.54) is 53.6 Å². The molecule has 0 saturated heterocycles. The molecule has 2 atom stereocenters. The third-order valence-corrected chi connectivity index (χ3v) is 13.7. The lowest BCUT2D eigenvalue weighted by atomic mass is 9.68. The van der Waals surface area contributed by atoms with Gasteiger partial charge in [0.25, 0.3) is 0 Å². The van der Waals surface area contributed by atoms with E-state index in [1.54, 1.807) is 0 Å². The minimum absolute atomic E-state index is 0.393. The standard InChI is InChI=1S/C55H33N3OS/c1-2-10-34(11-3-1)53-56-54(39-15-7-14-36(28-39)41-17-8-18-43-42-16-4-5-21-48(42)60-52(41)43)58-55(57-53)45-19-9-20-46-51(45)44-27-26-35(31-47(44)59-46)40-29-37-24-22-32-12-6-13-33-23-25-38(30-40)50(37)49(32)33/h1-32,49H. The van der Waals surface area contributed by atoms with Gasteiger partial charge in [0, 0.05) is 59.5 Å². The lowest BCUT2D eigenvalue weighted by molar-refractivity contribution is 0.664. The first-order valence-electron chi connectivity index (χ1n) is 20.4. The Kier molecular flexibility index (Phi) is 7.27. The van der Waals surface area contributed by atoms with Crippen molar-refractivity contribution in [1.82, 2.24) is 15.0 Å². The summed E-state index contributed by atoms with van der Waals surface area (Å²) in [5.74, 6) is 2.65. The highest BCUT2D eigenvalue weighted by atomic mass is 32.1. The predicted octanol–water partition coefficient (Wildman–Crippen LogP) is 14.7. The van der Waals surface area contributed by atoms with Crippen LogP contribution < -0.4 is 0 Å². The van der Waals surface area contributed by atoms with Crippen molar-refractivity contribution in [3.63, 3.8) is 0 Å². The maximum Gasteiger partial charge on any atom is 0.164 e. The summed E-state index contributed by atoms with van der Waals surface area (Å²) in [7, 11) is 0. The fourth-order valence-electron chi connectivity index (χ4n) is 9.66. The summed E-state index contributed by atoms with van der Waals surface area (Å²) in [6, 6.07) is 51.4. The highest BCUT2D eigenvalue weighted by Gasteiger charge is 2.32. The minimum atomic E-state index is 0.393. The molecule has 3 heterocycles. The molecule has 5 heteroatoms. The van der Waals surface area contributed by atoms with Crippen LogP contribution >= 0.6 is 11.3 Å². The first kappa shape index (κ1) is 33.5. The first-order valence-corrected chi connectivity index (χ1v) is 21.2. The van der Waals surface area contributed by atoms with Gasteiger partial charge >= 0.3 is 0 Å². The number of rotatable bonds is 5. The Labute approximate surface area is 349 Å². The van der Waals surface area contributed by atoms with Crippen LogP contribution in [0.4, 0.5) is 0 Å². The number of fused-ring (bicyclic) bond motifs is 6. The average Bonchev–Trinajstić information content (AvgIpc) is 3.89. The number of hydrogen-bond donors (Lipinski definition) is 0.